The molecule has 0 spiro atoms. The molecule has 0 bridgehead atoms. The first-order valence-electron chi connectivity index (χ1n) is 5.71. The molecule has 96 valence electrons. The molecule has 0 unspecified atom stereocenters. The van der Waals surface area contributed by atoms with Gasteiger partial charge in [0.25, 0.3) is 0 Å². The second-order valence-corrected chi connectivity index (χ2v) is 4.01. The number of fused-ring (bicyclic) bond motifs is 1. The molecule has 19 heavy (non-hydrogen) atoms. The summed E-state index contributed by atoms with van der Waals surface area (Å²) in [6.07, 6.45) is 3.38. The largest absolute Gasteiger partial charge is 0.368 e. The maximum atomic E-state index is 5.64. The summed E-state index contributed by atoms with van der Waals surface area (Å²) < 4.78 is 0. The second-order valence-electron chi connectivity index (χ2n) is 4.01. The summed E-state index contributed by atoms with van der Waals surface area (Å²) in [5.41, 5.74) is 7.12. The highest BCUT2D eigenvalue weighted by atomic mass is 15.2. The molecule has 3 aromatic heterocycles. The fraction of sp³-hybridized carbons (Fsp3) is 0.182. The Kier molecular flexibility index (Phi) is 2.67. The summed E-state index contributed by atoms with van der Waals surface area (Å²) >= 11 is 0. The van der Waals surface area contributed by atoms with Crippen LogP contribution in [-0.4, -0.2) is 30.1 Å². The molecule has 0 saturated heterocycles. The zero-order chi connectivity index (χ0) is 13.2. The third-order valence-corrected chi connectivity index (χ3v) is 2.60. The number of aromatic amines is 1. The first-order chi connectivity index (χ1) is 9.22. The van der Waals surface area contributed by atoms with E-state index in [1.807, 2.05) is 13.0 Å². The highest BCUT2D eigenvalue weighted by Gasteiger charge is 2.07. The Labute approximate surface area is 108 Å². The number of nitrogens with zero attached hydrogens (tertiary/aromatic N) is 5. The van der Waals surface area contributed by atoms with Crippen molar-refractivity contribution in [3.8, 4) is 0 Å². The number of hydrogen-bond acceptors (Lipinski definition) is 7. The normalized spacial score (nSPS) is 10.8. The Balaban J connectivity index is 1.87. The monoisotopic (exact) mass is 256 g/mol. The molecule has 0 radical (unpaired) electrons. The Bertz CT molecular complexity index is 720. The van der Waals surface area contributed by atoms with E-state index in [2.05, 4.69) is 35.5 Å². The Morgan fingerprint density at radius 1 is 1.32 bits per heavy atom. The van der Waals surface area contributed by atoms with Crippen molar-refractivity contribution in [2.75, 3.05) is 11.1 Å². The maximum absolute atomic E-state index is 5.64. The Hall–Kier alpha value is -2.77. The minimum Gasteiger partial charge on any atom is -0.368 e. The molecule has 0 amide bonds. The lowest BCUT2D eigenvalue weighted by molar-refractivity contribution is 0.951. The smallest absolute Gasteiger partial charge is 0.224 e. The molecule has 0 aliphatic carbocycles. The van der Waals surface area contributed by atoms with E-state index in [1.165, 1.54) is 0 Å². The van der Waals surface area contributed by atoms with Crippen molar-refractivity contribution in [2.24, 2.45) is 0 Å². The van der Waals surface area contributed by atoms with Gasteiger partial charge in [-0.25, -0.2) is 9.97 Å². The van der Waals surface area contributed by atoms with Crippen molar-refractivity contribution in [3.63, 3.8) is 0 Å². The van der Waals surface area contributed by atoms with Crippen molar-refractivity contribution in [3.05, 3.63) is 30.0 Å². The second kappa shape index (κ2) is 4.48. The van der Waals surface area contributed by atoms with E-state index in [0.717, 1.165) is 16.9 Å². The summed E-state index contributed by atoms with van der Waals surface area (Å²) in [5, 5.41) is 10.7. The molecule has 0 fully saturated rings. The van der Waals surface area contributed by atoms with Gasteiger partial charge in [-0.3, -0.25) is 5.10 Å². The van der Waals surface area contributed by atoms with Gasteiger partial charge in [0.15, 0.2) is 5.65 Å². The third-order valence-electron chi connectivity index (χ3n) is 2.60. The number of H-pyrrole nitrogens is 1. The van der Waals surface area contributed by atoms with Crippen molar-refractivity contribution in [2.45, 2.75) is 13.5 Å². The number of aromatic nitrogens is 6. The highest BCUT2D eigenvalue weighted by molar-refractivity contribution is 5.86. The number of anilines is 2. The van der Waals surface area contributed by atoms with E-state index < -0.39 is 0 Å². The third kappa shape index (κ3) is 2.28. The van der Waals surface area contributed by atoms with Crippen LogP contribution in [0.1, 0.15) is 11.5 Å². The molecule has 3 heterocycles. The van der Waals surface area contributed by atoms with Gasteiger partial charge in [0.1, 0.15) is 11.6 Å². The highest BCUT2D eigenvalue weighted by Crippen LogP contribution is 2.19. The number of nitrogens with one attached hydrogen (secondary N) is 2. The zero-order valence-corrected chi connectivity index (χ0v) is 10.3. The van der Waals surface area contributed by atoms with Gasteiger partial charge in [-0.2, -0.15) is 15.1 Å². The fourth-order valence-corrected chi connectivity index (χ4v) is 1.76. The van der Waals surface area contributed by atoms with Gasteiger partial charge in [0.2, 0.25) is 5.95 Å². The van der Waals surface area contributed by atoms with Crippen LogP contribution < -0.4 is 11.1 Å². The zero-order valence-electron chi connectivity index (χ0n) is 10.3. The average molecular weight is 256 g/mol. The van der Waals surface area contributed by atoms with Crippen molar-refractivity contribution in [1.82, 2.24) is 30.1 Å². The predicted octanol–water partition coefficient (Wildman–Crippen LogP) is 0.646. The summed E-state index contributed by atoms with van der Waals surface area (Å²) in [5.74, 6) is 1.56. The van der Waals surface area contributed by atoms with Crippen LogP contribution in [0, 0.1) is 6.92 Å². The summed E-state index contributed by atoms with van der Waals surface area (Å²) in [6, 6.07) is 1.84. The molecule has 0 aliphatic heterocycles. The van der Waals surface area contributed by atoms with Gasteiger partial charge >= 0.3 is 0 Å². The van der Waals surface area contributed by atoms with Crippen LogP contribution in [0.25, 0.3) is 11.0 Å². The molecule has 3 aromatic rings. The van der Waals surface area contributed by atoms with E-state index in [-0.39, 0.29) is 5.95 Å². The molecule has 8 heteroatoms. The number of rotatable bonds is 3. The number of nitrogens with two attached hydrogens (primary N) is 1. The van der Waals surface area contributed by atoms with E-state index in [0.29, 0.717) is 18.0 Å². The van der Waals surface area contributed by atoms with Gasteiger partial charge < -0.3 is 11.1 Å². The lowest BCUT2D eigenvalue weighted by Gasteiger charge is -2.06. The van der Waals surface area contributed by atoms with Crippen LogP contribution in [0.15, 0.2) is 18.5 Å². The van der Waals surface area contributed by atoms with Crippen LogP contribution >= 0.6 is 0 Å². The maximum Gasteiger partial charge on any atom is 0.224 e. The summed E-state index contributed by atoms with van der Waals surface area (Å²) in [6.45, 7) is 2.38. The first-order valence-corrected chi connectivity index (χ1v) is 5.71. The fourth-order valence-electron chi connectivity index (χ4n) is 1.76. The van der Waals surface area contributed by atoms with E-state index in [1.54, 1.807) is 12.4 Å². The van der Waals surface area contributed by atoms with E-state index >= 15 is 0 Å². The van der Waals surface area contributed by atoms with Gasteiger partial charge in [-0.15, -0.1) is 0 Å². The average Bonchev–Trinajstić information content (AvgIpc) is 2.84. The topological polar surface area (TPSA) is 118 Å². The lowest BCUT2D eigenvalue weighted by Crippen LogP contribution is -2.06. The standard InChI is InChI=1S/C11H12N8/c1-6-13-3-2-7(16-6)4-14-9-8-5-15-19-10(8)18-11(12)17-9/h2-3,5H,4H2,1H3,(H4,12,14,15,17,18,19). The van der Waals surface area contributed by atoms with Gasteiger partial charge in [-0.05, 0) is 13.0 Å². The predicted molar refractivity (Wildman–Crippen MR) is 70.2 cm³/mol. The molecule has 0 atom stereocenters. The molecule has 0 aromatic carbocycles. The minimum absolute atomic E-state index is 0.193. The number of nitrogen functional groups attached to an aromatic ring is 1. The molecular formula is C11H12N8. The van der Waals surface area contributed by atoms with Gasteiger partial charge in [0.05, 0.1) is 23.8 Å². The van der Waals surface area contributed by atoms with E-state index in [9.17, 15) is 0 Å². The quantitative estimate of drug-likeness (QED) is 0.629. The van der Waals surface area contributed by atoms with Crippen molar-refractivity contribution >= 4 is 22.8 Å². The van der Waals surface area contributed by atoms with Gasteiger partial charge in [0, 0.05) is 6.20 Å². The molecule has 4 N–H and O–H groups in total. The Morgan fingerprint density at radius 3 is 3.05 bits per heavy atom. The molecule has 0 aliphatic rings. The molecule has 0 saturated carbocycles. The van der Waals surface area contributed by atoms with Crippen molar-refractivity contribution in [1.29, 1.82) is 0 Å². The SMILES string of the molecule is Cc1nccc(CNc2nc(N)nc3[nH]ncc23)n1. The van der Waals surface area contributed by atoms with Crippen molar-refractivity contribution < 1.29 is 0 Å². The summed E-state index contributed by atoms with van der Waals surface area (Å²) in [7, 11) is 0. The lowest BCUT2D eigenvalue weighted by atomic mass is 10.3. The Morgan fingerprint density at radius 2 is 2.21 bits per heavy atom. The van der Waals surface area contributed by atoms with Gasteiger partial charge in [-0.1, -0.05) is 0 Å². The minimum atomic E-state index is 0.193. The van der Waals surface area contributed by atoms with Crippen LogP contribution in [0.4, 0.5) is 11.8 Å². The number of aryl methyl sites for hydroxylation is 1. The van der Waals surface area contributed by atoms with Crippen LogP contribution in [0.3, 0.4) is 0 Å². The first kappa shape index (κ1) is 11.3. The molecule has 3 rings (SSSR count). The molecular weight excluding hydrogens is 244 g/mol. The number of hydrogen-bond donors (Lipinski definition) is 3. The van der Waals surface area contributed by atoms with Crippen LogP contribution in [0.2, 0.25) is 0 Å². The summed E-state index contributed by atoms with van der Waals surface area (Å²) in [4.78, 5) is 16.6. The van der Waals surface area contributed by atoms with Crippen LogP contribution in [-0.2, 0) is 6.54 Å². The van der Waals surface area contributed by atoms with Crippen LogP contribution in [0.5, 0.6) is 0 Å². The molecule has 8 nitrogen and oxygen atoms in total. The van der Waals surface area contributed by atoms with E-state index in [4.69, 9.17) is 5.73 Å².